The molecule has 0 fully saturated rings. The van der Waals surface area contributed by atoms with E-state index in [0.717, 1.165) is 27.4 Å². The molecule has 0 heterocycles. The number of nitrogens with zero attached hydrogens (tertiary/aromatic N) is 1. The molecular formula is C18H21ClN2O4S. The van der Waals surface area contributed by atoms with Gasteiger partial charge in [0.05, 0.1) is 19.1 Å². The van der Waals surface area contributed by atoms with Crippen LogP contribution in [0, 0.1) is 6.92 Å². The highest BCUT2D eigenvalue weighted by molar-refractivity contribution is 7.92. The zero-order valence-electron chi connectivity index (χ0n) is 14.8. The minimum absolute atomic E-state index is 0.287. The lowest BCUT2D eigenvalue weighted by molar-refractivity contribution is -0.119. The summed E-state index contributed by atoms with van der Waals surface area (Å²) in [7, 11) is -2.06. The number of benzene rings is 2. The van der Waals surface area contributed by atoms with Gasteiger partial charge in [-0.3, -0.25) is 9.10 Å². The summed E-state index contributed by atoms with van der Waals surface area (Å²) >= 11 is 6.08. The summed E-state index contributed by atoms with van der Waals surface area (Å²) < 4.78 is 30.3. The zero-order valence-corrected chi connectivity index (χ0v) is 16.4. The molecule has 8 heteroatoms. The molecule has 1 N–H and O–H groups in total. The summed E-state index contributed by atoms with van der Waals surface area (Å²) in [6.07, 6.45) is 1.05. The molecule has 0 aromatic heterocycles. The number of amides is 1. The van der Waals surface area contributed by atoms with Crippen molar-refractivity contribution in [2.75, 3.05) is 24.2 Å². The fourth-order valence-electron chi connectivity index (χ4n) is 2.27. The third-order valence-electron chi connectivity index (χ3n) is 3.78. The highest BCUT2D eigenvalue weighted by Crippen LogP contribution is 2.24. The molecule has 0 saturated heterocycles. The lowest BCUT2D eigenvalue weighted by Gasteiger charge is -2.22. The fourth-order valence-corrected chi connectivity index (χ4v) is 3.29. The maximum absolute atomic E-state index is 12.2. The average Bonchev–Trinajstić information content (AvgIpc) is 2.60. The number of anilines is 1. The molecule has 0 atom stereocenters. The zero-order chi connectivity index (χ0) is 19.3. The summed E-state index contributed by atoms with van der Waals surface area (Å²) in [5.41, 5.74) is 2.05. The Hall–Kier alpha value is -2.25. The van der Waals surface area contributed by atoms with Crippen LogP contribution >= 0.6 is 11.6 Å². The van der Waals surface area contributed by atoms with Gasteiger partial charge in [0.25, 0.3) is 0 Å². The van der Waals surface area contributed by atoms with Crippen LogP contribution in [0.3, 0.4) is 0 Å². The van der Waals surface area contributed by atoms with Crippen LogP contribution in [0.15, 0.2) is 42.5 Å². The number of halogens is 1. The van der Waals surface area contributed by atoms with Crippen LogP contribution in [-0.2, 0) is 21.4 Å². The SMILES string of the molecule is COc1ccc(CNC(=O)CN(c2ccc(C)c(Cl)c2)S(C)(=O)=O)cc1. The maximum Gasteiger partial charge on any atom is 0.241 e. The summed E-state index contributed by atoms with van der Waals surface area (Å²) in [4.78, 5) is 12.2. The molecule has 0 aliphatic carbocycles. The third kappa shape index (κ3) is 5.37. The number of ether oxygens (including phenoxy) is 1. The topological polar surface area (TPSA) is 75.7 Å². The first kappa shape index (κ1) is 20.1. The van der Waals surface area contributed by atoms with Gasteiger partial charge in [0, 0.05) is 11.6 Å². The lowest BCUT2D eigenvalue weighted by Crippen LogP contribution is -2.40. The molecule has 2 rings (SSSR count). The van der Waals surface area contributed by atoms with Crippen molar-refractivity contribution in [3.63, 3.8) is 0 Å². The minimum Gasteiger partial charge on any atom is -0.497 e. The van der Waals surface area contributed by atoms with Crippen LogP contribution < -0.4 is 14.4 Å². The number of aryl methyl sites for hydroxylation is 1. The fraction of sp³-hybridized carbons (Fsp3) is 0.278. The van der Waals surface area contributed by atoms with E-state index in [9.17, 15) is 13.2 Å². The first-order valence-corrected chi connectivity index (χ1v) is 10.1. The number of hydrogen-bond acceptors (Lipinski definition) is 4. The number of methoxy groups -OCH3 is 1. The molecule has 0 aliphatic heterocycles. The van der Waals surface area contributed by atoms with Crippen LogP contribution in [0.4, 0.5) is 5.69 Å². The predicted octanol–water partition coefficient (Wildman–Crippen LogP) is 2.74. The lowest BCUT2D eigenvalue weighted by atomic mass is 10.2. The van der Waals surface area contributed by atoms with Crippen molar-refractivity contribution in [2.24, 2.45) is 0 Å². The van der Waals surface area contributed by atoms with E-state index >= 15 is 0 Å². The number of rotatable bonds is 7. The van der Waals surface area contributed by atoms with Crippen molar-refractivity contribution in [1.29, 1.82) is 0 Å². The van der Waals surface area contributed by atoms with E-state index in [2.05, 4.69) is 5.32 Å². The van der Waals surface area contributed by atoms with E-state index in [1.165, 1.54) is 6.07 Å². The molecule has 0 saturated carbocycles. The quantitative estimate of drug-likeness (QED) is 0.780. The molecule has 0 bridgehead atoms. The molecule has 0 aliphatic rings. The number of carbonyl (C=O) groups is 1. The first-order chi connectivity index (χ1) is 12.2. The Bertz CT molecular complexity index is 883. The van der Waals surface area contributed by atoms with Crippen molar-refractivity contribution in [1.82, 2.24) is 5.32 Å². The minimum atomic E-state index is -3.64. The van der Waals surface area contributed by atoms with E-state index in [1.807, 2.05) is 19.1 Å². The Morgan fingerprint density at radius 2 is 1.85 bits per heavy atom. The van der Waals surface area contributed by atoms with Gasteiger partial charge in [0.1, 0.15) is 12.3 Å². The van der Waals surface area contributed by atoms with Gasteiger partial charge in [-0.2, -0.15) is 0 Å². The van der Waals surface area contributed by atoms with E-state index < -0.39 is 15.9 Å². The molecule has 1 amide bonds. The second-order valence-electron chi connectivity index (χ2n) is 5.83. The Labute approximate surface area is 158 Å². The third-order valence-corrected chi connectivity index (χ3v) is 5.33. The standard InChI is InChI=1S/C18H21ClN2O4S/c1-13-4-7-15(10-17(13)19)21(26(3,23)24)12-18(22)20-11-14-5-8-16(25-2)9-6-14/h4-10H,11-12H2,1-3H3,(H,20,22). The molecule has 140 valence electrons. The molecule has 26 heavy (non-hydrogen) atoms. The van der Waals surface area contributed by atoms with Crippen molar-refractivity contribution in [3.8, 4) is 5.75 Å². The van der Waals surface area contributed by atoms with E-state index in [-0.39, 0.29) is 13.1 Å². The normalized spacial score (nSPS) is 11.1. The van der Waals surface area contributed by atoms with Gasteiger partial charge in [0.15, 0.2) is 0 Å². The molecule has 6 nitrogen and oxygen atoms in total. The van der Waals surface area contributed by atoms with Crippen molar-refractivity contribution in [3.05, 3.63) is 58.6 Å². The summed E-state index contributed by atoms with van der Waals surface area (Å²) in [5.74, 6) is 0.308. The largest absolute Gasteiger partial charge is 0.497 e. The van der Waals surface area contributed by atoms with Crippen LogP contribution in [-0.4, -0.2) is 34.2 Å². The van der Waals surface area contributed by atoms with Crippen LogP contribution in [0.1, 0.15) is 11.1 Å². The Kier molecular flexibility index (Phi) is 6.50. The molecule has 0 spiro atoms. The highest BCUT2D eigenvalue weighted by Gasteiger charge is 2.21. The van der Waals surface area contributed by atoms with Crippen molar-refractivity contribution >= 4 is 33.2 Å². The van der Waals surface area contributed by atoms with Crippen molar-refractivity contribution < 1.29 is 17.9 Å². The van der Waals surface area contributed by atoms with Crippen LogP contribution in [0.5, 0.6) is 5.75 Å². The van der Waals surface area contributed by atoms with Gasteiger partial charge >= 0.3 is 0 Å². The second kappa shape index (κ2) is 8.42. The predicted molar refractivity (Wildman–Crippen MR) is 103 cm³/mol. The van der Waals surface area contributed by atoms with Gasteiger partial charge in [-0.1, -0.05) is 29.8 Å². The van der Waals surface area contributed by atoms with Crippen LogP contribution in [0.2, 0.25) is 5.02 Å². The smallest absolute Gasteiger partial charge is 0.241 e. The van der Waals surface area contributed by atoms with E-state index in [1.54, 1.807) is 31.4 Å². The Balaban J connectivity index is 2.07. The molecule has 0 radical (unpaired) electrons. The number of sulfonamides is 1. The number of hydrogen-bond donors (Lipinski definition) is 1. The number of nitrogens with one attached hydrogen (secondary N) is 1. The molecular weight excluding hydrogens is 376 g/mol. The van der Waals surface area contributed by atoms with Crippen molar-refractivity contribution in [2.45, 2.75) is 13.5 Å². The van der Waals surface area contributed by atoms with Gasteiger partial charge in [-0.25, -0.2) is 8.42 Å². The summed E-state index contributed by atoms with van der Waals surface area (Å²) in [6.45, 7) is 1.78. The van der Waals surface area contributed by atoms with Gasteiger partial charge in [0.2, 0.25) is 15.9 Å². The maximum atomic E-state index is 12.2. The Morgan fingerprint density at radius 3 is 2.38 bits per heavy atom. The summed E-state index contributed by atoms with van der Waals surface area (Å²) in [5, 5.41) is 3.16. The van der Waals surface area contributed by atoms with Gasteiger partial charge < -0.3 is 10.1 Å². The molecule has 2 aromatic carbocycles. The second-order valence-corrected chi connectivity index (χ2v) is 8.14. The summed E-state index contributed by atoms with van der Waals surface area (Å²) in [6, 6.07) is 12.1. The van der Waals surface area contributed by atoms with Gasteiger partial charge in [-0.05, 0) is 42.3 Å². The first-order valence-electron chi connectivity index (χ1n) is 7.84. The highest BCUT2D eigenvalue weighted by atomic mass is 35.5. The number of carbonyl (C=O) groups excluding carboxylic acids is 1. The van der Waals surface area contributed by atoms with E-state index in [4.69, 9.17) is 16.3 Å². The molecule has 0 unspecified atom stereocenters. The molecule has 2 aromatic rings. The Morgan fingerprint density at radius 1 is 1.19 bits per heavy atom. The average molecular weight is 397 g/mol. The monoisotopic (exact) mass is 396 g/mol. The van der Waals surface area contributed by atoms with Gasteiger partial charge in [-0.15, -0.1) is 0 Å². The van der Waals surface area contributed by atoms with Crippen LogP contribution in [0.25, 0.3) is 0 Å². The van der Waals surface area contributed by atoms with E-state index in [0.29, 0.717) is 10.7 Å².